The molecule has 0 heterocycles. The van der Waals surface area contributed by atoms with Crippen molar-refractivity contribution in [2.24, 2.45) is 11.8 Å². The van der Waals surface area contributed by atoms with Crippen LogP contribution in [0.25, 0.3) is 38.2 Å². The van der Waals surface area contributed by atoms with Crippen LogP contribution in [0.1, 0.15) is 47.1 Å². The Bertz CT molecular complexity index is 1170. The molecular weight excluding hydrogens is 384 g/mol. The van der Waals surface area contributed by atoms with E-state index in [2.05, 4.69) is 111 Å². The molecule has 0 saturated heterocycles. The van der Waals surface area contributed by atoms with Gasteiger partial charge in [-0.1, -0.05) is 139 Å². The normalized spacial score (nSPS) is 17.1. The van der Waals surface area contributed by atoms with Gasteiger partial charge in [-0.25, -0.2) is 0 Å². The summed E-state index contributed by atoms with van der Waals surface area (Å²) in [5.41, 5.74) is 5.31. The van der Waals surface area contributed by atoms with Crippen LogP contribution in [-0.4, -0.2) is 0 Å². The topological polar surface area (TPSA) is 0 Å². The highest BCUT2D eigenvalue weighted by molar-refractivity contribution is 6.19. The zero-order valence-corrected chi connectivity index (χ0v) is 20.4. The molecule has 0 aromatic heterocycles. The Labute approximate surface area is 194 Å². The first kappa shape index (κ1) is 23.5. The Morgan fingerprint density at radius 2 is 0.938 bits per heavy atom. The maximum absolute atomic E-state index is 2.45. The number of rotatable bonds is 2. The molecule has 1 aliphatic rings. The lowest BCUT2D eigenvalue weighted by Crippen LogP contribution is -2.07. The number of hydrogen-bond donors (Lipinski definition) is 0. The van der Waals surface area contributed by atoms with Crippen LogP contribution in [-0.2, 0) is 0 Å². The van der Waals surface area contributed by atoms with E-state index < -0.39 is 0 Å². The van der Waals surface area contributed by atoms with Crippen molar-refractivity contribution in [2.75, 3.05) is 0 Å². The molecule has 1 aliphatic carbocycles. The fraction of sp³-hybridized carbons (Fsp3) is 0.250. The van der Waals surface area contributed by atoms with Crippen molar-refractivity contribution in [2.45, 2.75) is 41.5 Å². The van der Waals surface area contributed by atoms with Gasteiger partial charge < -0.3 is 0 Å². The highest BCUT2D eigenvalue weighted by atomic mass is 14.2. The van der Waals surface area contributed by atoms with Crippen molar-refractivity contribution in [1.29, 1.82) is 0 Å². The maximum Gasteiger partial charge on any atom is -0.00264 e. The molecule has 0 radical (unpaired) electrons. The van der Waals surface area contributed by atoms with E-state index in [4.69, 9.17) is 0 Å². The van der Waals surface area contributed by atoms with Crippen molar-refractivity contribution in [3.8, 4) is 11.1 Å². The fourth-order valence-corrected chi connectivity index (χ4v) is 4.44. The van der Waals surface area contributed by atoms with Crippen molar-refractivity contribution < 1.29 is 0 Å². The van der Waals surface area contributed by atoms with E-state index in [1.165, 1.54) is 43.8 Å². The Hall–Kier alpha value is -3.12. The second-order valence-electron chi connectivity index (χ2n) is 7.91. The third kappa shape index (κ3) is 4.41. The molecule has 0 aliphatic heterocycles. The number of allylic oxidation sites excluding steroid dienone is 4. The Balaban J connectivity index is 0.000000686. The number of benzene rings is 4. The lowest BCUT2D eigenvalue weighted by atomic mass is 9.81. The first-order valence-corrected chi connectivity index (χ1v) is 12.1. The predicted molar refractivity (Wildman–Crippen MR) is 145 cm³/mol. The van der Waals surface area contributed by atoms with Crippen LogP contribution in [0.3, 0.4) is 0 Å². The molecular formula is C32H36. The Morgan fingerprint density at radius 1 is 0.500 bits per heavy atom. The van der Waals surface area contributed by atoms with E-state index in [-0.39, 0.29) is 0 Å². The molecule has 4 aromatic rings. The highest BCUT2D eigenvalue weighted by Crippen LogP contribution is 2.43. The minimum absolute atomic E-state index is 0.548. The molecule has 0 bridgehead atoms. The van der Waals surface area contributed by atoms with Gasteiger partial charge in [-0.15, -0.1) is 0 Å². The van der Waals surface area contributed by atoms with E-state index in [0.29, 0.717) is 11.8 Å². The fourth-order valence-electron chi connectivity index (χ4n) is 4.44. The van der Waals surface area contributed by atoms with Gasteiger partial charge in [0.15, 0.2) is 0 Å². The average Bonchev–Trinajstić information content (AvgIpc) is 2.87. The van der Waals surface area contributed by atoms with E-state index in [9.17, 15) is 0 Å². The summed E-state index contributed by atoms with van der Waals surface area (Å²) < 4.78 is 0. The second-order valence-corrected chi connectivity index (χ2v) is 7.91. The van der Waals surface area contributed by atoms with Crippen LogP contribution >= 0.6 is 0 Å². The smallest absolute Gasteiger partial charge is 0.00264 e. The predicted octanol–water partition coefficient (Wildman–Crippen LogP) is 9.94. The van der Waals surface area contributed by atoms with Crippen LogP contribution in [0.4, 0.5) is 0 Å². The SMILES string of the molecule is CC.CC.CC1C=CC(c2c3ccccc3c(-c3ccccc3)c3ccccc23)=CC1C. The molecule has 2 unspecified atom stereocenters. The van der Waals surface area contributed by atoms with Gasteiger partial charge in [0.1, 0.15) is 0 Å². The largest absolute Gasteiger partial charge is 0.0805 e. The van der Waals surface area contributed by atoms with E-state index in [1.54, 1.807) is 0 Å². The third-order valence-corrected chi connectivity index (χ3v) is 6.13. The molecule has 5 rings (SSSR count). The summed E-state index contributed by atoms with van der Waals surface area (Å²) in [6.45, 7) is 12.6. The number of fused-ring (bicyclic) bond motifs is 2. The molecule has 164 valence electrons. The summed E-state index contributed by atoms with van der Waals surface area (Å²) in [7, 11) is 0. The average molecular weight is 421 g/mol. The summed E-state index contributed by atoms with van der Waals surface area (Å²) in [6, 6.07) is 28.5. The molecule has 0 N–H and O–H groups in total. The zero-order chi connectivity index (χ0) is 23.1. The maximum atomic E-state index is 2.45. The Morgan fingerprint density at radius 3 is 1.41 bits per heavy atom. The summed E-state index contributed by atoms with van der Waals surface area (Å²) in [5, 5.41) is 5.31. The molecule has 0 heteroatoms. The van der Waals surface area contributed by atoms with Gasteiger partial charge in [0.05, 0.1) is 0 Å². The van der Waals surface area contributed by atoms with Crippen LogP contribution in [0.15, 0.2) is 97.1 Å². The molecule has 2 atom stereocenters. The summed E-state index contributed by atoms with van der Waals surface area (Å²) in [5.74, 6) is 1.14. The van der Waals surface area contributed by atoms with Gasteiger partial charge in [0, 0.05) is 0 Å². The lowest BCUT2D eigenvalue weighted by molar-refractivity contribution is 0.554. The molecule has 0 fully saturated rings. The molecule has 4 aromatic carbocycles. The minimum Gasteiger partial charge on any atom is -0.0805 e. The van der Waals surface area contributed by atoms with Gasteiger partial charge in [0.25, 0.3) is 0 Å². The number of hydrogen-bond acceptors (Lipinski definition) is 0. The van der Waals surface area contributed by atoms with Crippen molar-refractivity contribution in [3.05, 3.63) is 103 Å². The van der Waals surface area contributed by atoms with Crippen LogP contribution in [0.5, 0.6) is 0 Å². The van der Waals surface area contributed by atoms with Gasteiger partial charge >= 0.3 is 0 Å². The standard InChI is InChI=1S/C28H24.2C2H6/c1-19-16-17-22(18-20(19)2)28-25-14-8-6-12-23(25)27(21-10-4-3-5-11-21)24-13-7-9-15-26(24)28;2*1-2/h3-20H,1-2H3;2*1-2H3. The Kier molecular flexibility index (Phi) is 8.06. The zero-order valence-electron chi connectivity index (χ0n) is 20.4. The first-order valence-electron chi connectivity index (χ1n) is 12.1. The van der Waals surface area contributed by atoms with Crippen molar-refractivity contribution >= 4 is 27.1 Å². The summed E-state index contributed by atoms with van der Waals surface area (Å²) >= 11 is 0. The van der Waals surface area contributed by atoms with Gasteiger partial charge in [-0.05, 0) is 55.6 Å². The van der Waals surface area contributed by atoms with Crippen LogP contribution in [0.2, 0.25) is 0 Å². The van der Waals surface area contributed by atoms with Crippen LogP contribution < -0.4 is 0 Å². The van der Waals surface area contributed by atoms with Gasteiger partial charge in [0.2, 0.25) is 0 Å². The summed E-state index contributed by atoms with van der Waals surface area (Å²) in [4.78, 5) is 0. The lowest BCUT2D eigenvalue weighted by Gasteiger charge is -2.23. The molecule has 32 heavy (non-hydrogen) atoms. The van der Waals surface area contributed by atoms with E-state index in [0.717, 1.165) is 0 Å². The molecule has 0 nitrogen and oxygen atoms in total. The highest BCUT2D eigenvalue weighted by Gasteiger charge is 2.19. The summed E-state index contributed by atoms with van der Waals surface area (Å²) in [6.07, 6.45) is 7.12. The third-order valence-electron chi connectivity index (χ3n) is 6.13. The van der Waals surface area contributed by atoms with E-state index >= 15 is 0 Å². The van der Waals surface area contributed by atoms with Crippen molar-refractivity contribution in [1.82, 2.24) is 0 Å². The van der Waals surface area contributed by atoms with Crippen molar-refractivity contribution in [3.63, 3.8) is 0 Å². The first-order chi connectivity index (χ1) is 15.7. The van der Waals surface area contributed by atoms with E-state index in [1.807, 2.05) is 27.7 Å². The monoisotopic (exact) mass is 420 g/mol. The minimum atomic E-state index is 0.548. The molecule has 0 amide bonds. The van der Waals surface area contributed by atoms with Gasteiger partial charge in [-0.3, -0.25) is 0 Å². The van der Waals surface area contributed by atoms with Crippen LogP contribution in [0, 0.1) is 11.8 Å². The molecule has 0 spiro atoms. The molecule has 0 saturated carbocycles. The van der Waals surface area contributed by atoms with Gasteiger partial charge in [-0.2, -0.15) is 0 Å². The second kappa shape index (κ2) is 11.0. The quantitative estimate of drug-likeness (QED) is 0.283.